The lowest BCUT2D eigenvalue weighted by Crippen LogP contribution is -2.37. The Morgan fingerprint density at radius 3 is 1.60 bits per heavy atom. The largest absolute Gasteiger partial charge is 0.360 e. The zero-order chi connectivity index (χ0) is 18.0. The van der Waals surface area contributed by atoms with Crippen LogP contribution in [-0.4, -0.2) is 17.0 Å². The van der Waals surface area contributed by atoms with Gasteiger partial charge in [-0.05, 0) is 45.0 Å². The molecule has 0 spiro atoms. The van der Waals surface area contributed by atoms with Gasteiger partial charge in [0.25, 0.3) is 11.8 Å². The van der Waals surface area contributed by atoms with Crippen LogP contribution in [0.4, 0.5) is 5.82 Å². The topological polar surface area (TPSA) is 63.4 Å². The molecule has 0 atom stereocenters. The van der Waals surface area contributed by atoms with E-state index < -0.39 is 11.8 Å². The molecule has 0 saturated heterocycles. The molecule has 3 rings (SSSR count). The van der Waals surface area contributed by atoms with Gasteiger partial charge in [0.05, 0.1) is 0 Å². The van der Waals surface area contributed by atoms with Crippen LogP contribution in [0.2, 0.25) is 0 Å². The molecule has 0 unspecified atom stereocenters. The van der Waals surface area contributed by atoms with E-state index in [4.69, 9.17) is 4.52 Å². The van der Waals surface area contributed by atoms with E-state index in [0.29, 0.717) is 16.9 Å². The van der Waals surface area contributed by atoms with Gasteiger partial charge in [0.1, 0.15) is 5.76 Å². The number of rotatable bonds is 3. The maximum Gasteiger partial charge on any atom is 0.266 e. The predicted octanol–water partition coefficient (Wildman–Crippen LogP) is 4.09. The van der Waals surface area contributed by atoms with Crippen LogP contribution in [0, 0.1) is 20.8 Å². The Kier molecular flexibility index (Phi) is 4.48. The summed E-state index contributed by atoms with van der Waals surface area (Å²) in [5, 5.41) is 3.85. The zero-order valence-corrected chi connectivity index (χ0v) is 14.3. The van der Waals surface area contributed by atoms with Gasteiger partial charge in [0.2, 0.25) is 0 Å². The monoisotopic (exact) mass is 334 g/mol. The van der Waals surface area contributed by atoms with Gasteiger partial charge >= 0.3 is 0 Å². The van der Waals surface area contributed by atoms with Gasteiger partial charge in [0.15, 0.2) is 5.82 Å². The van der Waals surface area contributed by atoms with Crippen LogP contribution >= 0.6 is 0 Å². The average Bonchev–Trinajstić information content (AvgIpc) is 3.02. The molecule has 25 heavy (non-hydrogen) atoms. The van der Waals surface area contributed by atoms with E-state index in [1.165, 1.54) is 0 Å². The molecule has 1 aromatic heterocycles. The number of aromatic nitrogens is 1. The molecule has 5 nitrogen and oxygen atoms in total. The fraction of sp³-hybridized carbons (Fsp3) is 0.150. The number of benzene rings is 2. The van der Waals surface area contributed by atoms with Gasteiger partial charge in [-0.15, -0.1) is 0 Å². The third kappa shape index (κ3) is 3.50. The number of imide groups is 1. The van der Waals surface area contributed by atoms with Crippen molar-refractivity contribution in [2.75, 3.05) is 4.90 Å². The maximum atomic E-state index is 13.0. The summed E-state index contributed by atoms with van der Waals surface area (Å²) >= 11 is 0. The van der Waals surface area contributed by atoms with Crippen LogP contribution in [0.3, 0.4) is 0 Å². The number of anilines is 1. The van der Waals surface area contributed by atoms with Gasteiger partial charge in [0, 0.05) is 17.2 Å². The molecule has 0 aliphatic carbocycles. The summed E-state index contributed by atoms with van der Waals surface area (Å²) in [6.07, 6.45) is 0. The van der Waals surface area contributed by atoms with Gasteiger partial charge in [-0.3, -0.25) is 9.59 Å². The van der Waals surface area contributed by atoms with Crippen molar-refractivity contribution in [1.82, 2.24) is 5.16 Å². The zero-order valence-electron chi connectivity index (χ0n) is 14.3. The Balaban J connectivity index is 2.03. The van der Waals surface area contributed by atoms with E-state index in [1.807, 2.05) is 38.1 Å². The molecule has 0 fully saturated rings. The van der Waals surface area contributed by atoms with E-state index in [9.17, 15) is 9.59 Å². The first-order valence-electron chi connectivity index (χ1n) is 7.91. The predicted molar refractivity (Wildman–Crippen MR) is 94.7 cm³/mol. The van der Waals surface area contributed by atoms with E-state index in [0.717, 1.165) is 16.0 Å². The summed E-state index contributed by atoms with van der Waals surface area (Å²) in [4.78, 5) is 27.0. The maximum absolute atomic E-state index is 13.0. The summed E-state index contributed by atoms with van der Waals surface area (Å²) in [7, 11) is 0. The summed E-state index contributed by atoms with van der Waals surface area (Å²) < 4.78 is 5.06. The molecular weight excluding hydrogens is 316 g/mol. The fourth-order valence-corrected chi connectivity index (χ4v) is 2.41. The van der Waals surface area contributed by atoms with Crippen molar-refractivity contribution in [3.8, 4) is 0 Å². The van der Waals surface area contributed by atoms with Gasteiger partial charge in [-0.2, -0.15) is 0 Å². The third-order valence-electron chi connectivity index (χ3n) is 3.85. The molecule has 0 aliphatic rings. The number of amides is 2. The van der Waals surface area contributed by atoms with E-state index in [1.54, 1.807) is 37.3 Å². The lowest BCUT2D eigenvalue weighted by Gasteiger charge is -2.18. The molecule has 0 N–H and O–H groups in total. The molecule has 0 radical (unpaired) electrons. The van der Waals surface area contributed by atoms with Crippen LogP contribution in [0.1, 0.15) is 37.6 Å². The summed E-state index contributed by atoms with van der Waals surface area (Å²) in [5.41, 5.74) is 2.88. The molecule has 2 amide bonds. The number of aryl methyl sites for hydroxylation is 3. The number of hydrogen-bond donors (Lipinski definition) is 0. The lowest BCUT2D eigenvalue weighted by molar-refractivity contribution is 0.0895. The normalized spacial score (nSPS) is 10.5. The Labute approximate surface area is 145 Å². The second kappa shape index (κ2) is 6.73. The first-order valence-corrected chi connectivity index (χ1v) is 7.91. The summed E-state index contributed by atoms with van der Waals surface area (Å²) in [5.74, 6) is -0.195. The number of carbonyl (C=O) groups excluding carboxylic acids is 2. The summed E-state index contributed by atoms with van der Waals surface area (Å²) in [6, 6.07) is 15.7. The van der Waals surface area contributed by atoms with E-state index in [-0.39, 0.29) is 5.82 Å². The number of nitrogens with zero attached hydrogens (tertiary/aromatic N) is 2. The molecule has 5 heteroatoms. The highest BCUT2D eigenvalue weighted by molar-refractivity contribution is 6.25. The van der Waals surface area contributed by atoms with Crippen LogP contribution < -0.4 is 4.90 Å². The standard InChI is InChI=1S/C20H18N2O3/c1-13-4-8-16(9-5-13)19(23)22(18-12-15(3)25-21-18)20(24)17-10-6-14(2)7-11-17/h4-12H,1-3H3. The van der Waals surface area contributed by atoms with Crippen molar-refractivity contribution in [2.24, 2.45) is 0 Å². The van der Waals surface area contributed by atoms with Crippen LogP contribution in [-0.2, 0) is 0 Å². The first kappa shape index (κ1) is 16.6. The average molecular weight is 334 g/mol. The molecule has 0 saturated carbocycles. The van der Waals surface area contributed by atoms with Crippen LogP contribution in [0.5, 0.6) is 0 Å². The number of hydrogen-bond acceptors (Lipinski definition) is 4. The van der Waals surface area contributed by atoms with Crippen molar-refractivity contribution < 1.29 is 14.1 Å². The smallest absolute Gasteiger partial charge is 0.266 e. The second-order valence-corrected chi connectivity index (χ2v) is 5.97. The van der Waals surface area contributed by atoms with E-state index >= 15 is 0 Å². The minimum absolute atomic E-state index is 0.175. The quantitative estimate of drug-likeness (QED) is 0.677. The van der Waals surface area contributed by atoms with Crippen molar-refractivity contribution >= 4 is 17.6 Å². The first-order chi connectivity index (χ1) is 12.0. The van der Waals surface area contributed by atoms with Crippen molar-refractivity contribution in [3.05, 3.63) is 82.6 Å². The lowest BCUT2D eigenvalue weighted by atomic mass is 10.1. The highest BCUT2D eigenvalue weighted by Crippen LogP contribution is 2.21. The molecule has 3 aromatic rings. The van der Waals surface area contributed by atoms with Crippen molar-refractivity contribution in [1.29, 1.82) is 0 Å². The minimum atomic E-state index is -0.445. The second-order valence-electron chi connectivity index (χ2n) is 5.97. The van der Waals surface area contributed by atoms with Gasteiger partial charge in [-0.25, -0.2) is 4.90 Å². The van der Waals surface area contributed by atoms with E-state index in [2.05, 4.69) is 5.16 Å². The summed E-state index contributed by atoms with van der Waals surface area (Å²) in [6.45, 7) is 5.58. The molecule has 0 aliphatic heterocycles. The fourth-order valence-electron chi connectivity index (χ4n) is 2.41. The van der Waals surface area contributed by atoms with Crippen molar-refractivity contribution in [2.45, 2.75) is 20.8 Å². The molecule has 0 bridgehead atoms. The highest BCUT2D eigenvalue weighted by Gasteiger charge is 2.28. The van der Waals surface area contributed by atoms with Crippen LogP contribution in [0.15, 0.2) is 59.1 Å². The Morgan fingerprint density at radius 2 is 1.24 bits per heavy atom. The van der Waals surface area contributed by atoms with Crippen molar-refractivity contribution in [3.63, 3.8) is 0 Å². The Hall–Kier alpha value is -3.21. The molecule has 126 valence electrons. The van der Waals surface area contributed by atoms with Gasteiger partial charge in [-0.1, -0.05) is 40.5 Å². The molecular formula is C20H18N2O3. The Morgan fingerprint density at radius 1 is 0.800 bits per heavy atom. The van der Waals surface area contributed by atoms with Gasteiger partial charge < -0.3 is 4.52 Å². The number of carbonyl (C=O) groups is 2. The Bertz CT molecular complexity index is 851. The molecule has 1 heterocycles. The molecule has 2 aromatic carbocycles. The highest BCUT2D eigenvalue weighted by atomic mass is 16.5. The van der Waals surface area contributed by atoms with Crippen LogP contribution in [0.25, 0.3) is 0 Å². The third-order valence-corrected chi connectivity index (χ3v) is 3.85. The minimum Gasteiger partial charge on any atom is -0.360 e. The SMILES string of the molecule is Cc1ccc(C(=O)N(C(=O)c2ccc(C)cc2)c2cc(C)on2)cc1.